The van der Waals surface area contributed by atoms with Gasteiger partial charge >= 0.3 is 30.0 Å². The van der Waals surface area contributed by atoms with Crippen molar-refractivity contribution >= 4 is 115 Å². The highest BCUT2D eigenvalue weighted by atomic mass is 33.1. The maximum atomic E-state index is 14.0. The molecule has 6 atom stereocenters. The predicted molar refractivity (Wildman–Crippen MR) is 362 cm³/mol. The molecule has 0 unspecified atom stereocenters. The molecule has 8 rings (SSSR count). The first-order valence-electron chi connectivity index (χ1n) is 31.7. The second kappa shape index (κ2) is 33.8. The molecule has 530 valence electrons. The summed E-state index contributed by atoms with van der Waals surface area (Å²) in [6.45, 7) is 7.55. The number of Topliss-reactive ketones (excluding diaryl/α,β-unsaturated/α-hetero) is 3. The molecule has 2 amide bonds. The predicted octanol–water partition coefficient (Wildman–Crippen LogP) is 4.09. The number of amides is 2. The van der Waals surface area contributed by atoms with E-state index in [0.29, 0.717) is 58.4 Å². The molecule has 2 aromatic carbocycles. The number of fused-ring (bicyclic) bond motifs is 6. The van der Waals surface area contributed by atoms with Gasteiger partial charge < -0.3 is 71.7 Å². The summed E-state index contributed by atoms with van der Waals surface area (Å²) in [4.78, 5) is 176. The van der Waals surface area contributed by atoms with Crippen LogP contribution in [0.25, 0.3) is 33.5 Å². The molecule has 4 aromatic heterocycles. The van der Waals surface area contributed by atoms with E-state index in [1.54, 1.807) is 41.8 Å². The molecule has 0 radical (unpaired) electrons. The topological polar surface area (TPSA) is 518 Å². The summed E-state index contributed by atoms with van der Waals surface area (Å²) < 4.78 is 18.0. The maximum Gasteiger partial charge on any atom is 0.513 e. The molecule has 2 aliphatic heterocycles. The van der Waals surface area contributed by atoms with Crippen molar-refractivity contribution in [3.05, 3.63) is 127 Å². The zero-order valence-electron chi connectivity index (χ0n) is 54.3. The van der Waals surface area contributed by atoms with Crippen LogP contribution in [-0.2, 0) is 85.8 Å². The average molecular weight is 1420 g/mol. The number of nitrogens with one attached hydrogen (secondary N) is 5. The first-order valence-corrected chi connectivity index (χ1v) is 34.2. The Bertz CT molecular complexity index is 4360. The summed E-state index contributed by atoms with van der Waals surface area (Å²) in [6, 6.07) is 9.26. The lowest BCUT2D eigenvalue weighted by Gasteiger charge is -2.35. The number of aromatic amines is 1. The number of pyridine rings is 2. The molecule has 6 heterocycles. The SMILES string of the molecule is C=C1OCc2c(cc3n(c2=O)Cc2c-3nc3ccc(OC(=O)OCCSSC[C@@H](CC(=O)[C@H](CC(=O)O)NC(=O)[C@H](CCCNC(=N)N)CC(=O)[C@H](CC(=O)O)NC(=O)CC[C@H](CC(=O)c4ccc(CCc5cnc6nc(N)[nH]c(=O)c6n5)cc4)C(=O)O)C(=O)O)cc3c2CC)[C@@]1(O)CC. The van der Waals surface area contributed by atoms with Crippen LogP contribution in [-0.4, -0.2) is 157 Å². The van der Waals surface area contributed by atoms with E-state index >= 15 is 0 Å². The number of anilines is 1. The molecule has 0 spiro atoms. The number of rotatable bonds is 37. The number of aromatic nitrogens is 6. The summed E-state index contributed by atoms with van der Waals surface area (Å²) in [5.74, 6) is -15.3. The van der Waals surface area contributed by atoms with Crippen molar-refractivity contribution in [2.45, 2.75) is 128 Å². The molecule has 0 fully saturated rings. The Balaban J connectivity index is 0.812. The largest absolute Gasteiger partial charge is 0.513 e. The van der Waals surface area contributed by atoms with E-state index in [9.17, 15) is 83.1 Å². The lowest BCUT2D eigenvalue weighted by molar-refractivity contribution is -0.144. The fourth-order valence-electron chi connectivity index (χ4n) is 11.7. The van der Waals surface area contributed by atoms with Crippen LogP contribution in [0.15, 0.2) is 76.7 Å². The molecule has 14 N–H and O–H groups in total. The average Bonchev–Trinajstić information content (AvgIpc) is 1.52. The Morgan fingerprint density at radius 1 is 0.830 bits per heavy atom. The Kier molecular flexibility index (Phi) is 25.4. The third-order valence-electron chi connectivity index (χ3n) is 17.0. The number of benzene rings is 2. The van der Waals surface area contributed by atoms with Gasteiger partial charge in [0.1, 0.15) is 30.3 Å². The lowest BCUT2D eigenvalue weighted by Crippen LogP contribution is -2.48. The number of guanidine groups is 1. The summed E-state index contributed by atoms with van der Waals surface area (Å²) in [5, 5.41) is 66.5. The van der Waals surface area contributed by atoms with Gasteiger partial charge in [-0.15, -0.1) is 0 Å². The lowest BCUT2D eigenvalue weighted by atomic mass is 9.84. The summed E-state index contributed by atoms with van der Waals surface area (Å²) >= 11 is 0. The highest BCUT2D eigenvalue weighted by Crippen LogP contribution is 2.43. The Labute approximate surface area is 576 Å². The van der Waals surface area contributed by atoms with Gasteiger partial charge in [0, 0.05) is 71.7 Å². The minimum absolute atomic E-state index is 0.0116. The number of carboxylic acids is 4. The summed E-state index contributed by atoms with van der Waals surface area (Å²) in [6.07, 6.45) is -3.41. The zero-order chi connectivity index (χ0) is 72.7. The number of aliphatic carboxylic acids is 4. The Morgan fingerprint density at radius 2 is 1.52 bits per heavy atom. The van der Waals surface area contributed by atoms with Gasteiger partial charge in [-0.05, 0) is 80.3 Å². The molecular weight excluding hydrogens is 1340 g/mol. The molecule has 34 heteroatoms. The normalized spacial score (nSPS) is 15.1. The second-order valence-electron chi connectivity index (χ2n) is 23.8. The van der Waals surface area contributed by atoms with Crippen molar-refractivity contribution in [3.8, 4) is 17.1 Å². The molecule has 0 saturated carbocycles. The van der Waals surface area contributed by atoms with E-state index in [0.717, 1.165) is 38.3 Å². The fraction of sp³-hybridized carbons (Fsp3) is 0.409. The van der Waals surface area contributed by atoms with E-state index in [-0.39, 0.29) is 96.8 Å². The monoisotopic (exact) mass is 1420 g/mol. The zero-order valence-corrected chi connectivity index (χ0v) is 55.9. The fourth-order valence-corrected chi connectivity index (χ4v) is 13.8. The molecule has 2 aliphatic rings. The number of aliphatic hydroxyl groups is 1. The molecule has 0 aliphatic carbocycles. The van der Waals surface area contributed by atoms with Gasteiger partial charge in [-0.3, -0.25) is 63.1 Å². The van der Waals surface area contributed by atoms with Crippen molar-refractivity contribution in [1.82, 2.24) is 45.4 Å². The molecular formula is C66H74N12O20S2. The van der Waals surface area contributed by atoms with Gasteiger partial charge in [0.15, 0.2) is 34.5 Å². The number of carbonyl (C=O) groups is 10. The summed E-state index contributed by atoms with van der Waals surface area (Å²) in [7, 11) is 2.08. The highest BCUT2D eigenvalue weighted by Gasteiger charge is 2.42. The number of hydrogen-bond donors (Lipinski definition) is 12. The van der Waals surface area contributed by atoms with Crippen LogP contribution in [0.2, 0.25) is 0 Å². The number of ether oxygens (including phenoxy) is 3. The maximum absolute atomic E-state index is 14.0. The van der Waals surface area contributed by atoms with E-state index in [4.69, 9.17) is 36.1 Å². The minimum Gasteiger partial charge on any atom is -0.490 e. The molecule has 0 saturated heterocycles. The standard InChI is InChI=1S/C66H74N12O20S2/c1-4-40-41-24-39(15-16-45(41)74-55-42(40)29-78-48(55)25-44-43(60(78)89)30-97-32(3)66(44,95)5-2)98-65(94)96-19-20-99-100-31-37(62(92)93)23-51(81)47(27-54(85)86)75-58(87)35(7-6-18-70-63(67)68)21-50(80)46(26-53(83)84)73-52(82)17-13-36(61(90)91)22-49(79)34-11-8-33(9-12-34)10-14-38-28-71-57-56(72-38)59(88)77-64(69)76-57/h8-9,11-12,15-16,24-25,28,35-37,46-47,95H,3-7,10,13-14,17-23,26-27,29-31H2,1-2H3,(H,73,82)(H,75,87)(H,83,84)(H,85,86)(H,90,91)(H,92,93)(H4,67,68,70)(H3,69,71,76,77,88)/t35-,36-,37-,46+,47+,66-/m1/s1. The van der Waals surface area contributed by atoms with Gasteiger partial charge in [0.05, 0.1) is 77.7 Å². The number of carboxylic acid groups (broad SMARTS) is 4. The van der Waals surface area contributed by atoms with E-state index < -0.39 is 151 Å². The number of H-pyrrole nitrogens is 1. The molecule has 100 heavy (non-hydrogen) atoms. The molecule has 0 bridgehead atoms. The molecule has 6 aromatic rings. The van der Waals surface area contributed by atoms with E-state index in [2.05, 4.69) is 42.5 Å². The van der Waals surface area contributed by atoms with Gasteiger partial charge in [0.25, 0.3) is 11.1 Å². The third kappa shape index (κ3) is 19.0. The number of aryl methyl sites for hydroxylation is 3. The smallest absolute Gasteiger partial charge is 0.490 e. The van der Waals surface area contributed by atoms with Crippen molar-refractivity contribution in [2.75, 3.05) is 30.4 Å². The quantitative estimate of drug-likeness (QED) is 0.00496. The van der Waals surface area contributed by atoms with Gasteiger partial charge in [0.2, 0.25) is 17.8 Å². The van der Waals surface area contributed by atoms with Crippen molar-refractivity contribution in [2.24, 2.45) is 23.5 Å². The minimum atomic E-state index is -1.83. The van der Waals surface area contributed by atoms with Crippen LogP contribution in [0.1, 0.15) is 122 Å². The van der Waals surface area contributed by atoms with Crippen LogP contribution in [0.5, 0.6) is 5.75 Å². The number of ketones is 3. The number of nitrogens with two attached hydrogens (primary N) is 2. The third-order valence-corrected chi connectivity index (χ3v) is 19.5. The van der Waals surface area contributed by atoms with Crippen LogP contribution >= 0.6 is 21.6 Å². The van der Waals surface area contributed by atoms with Crippen LogP contribution in [0, 0.1) is 23.2 Å². The van der Waals surface area contributed by atoms with Gasteiger partial charge in [-0.25, -0.2) is 19.7 Å². The Morgan fingerprint density at radius 3 is 2.18 bits per heavy atom. The Hall–Kier alpha value is -10.6. The molecule has 32 nitrogen and oxygen atoms in total. The van der Waals surface area contributed by atoms with Crippen LogP contribution < -0.4 is 43.3 Å². The van der Waals surface area contributed by atoms with E-state index in [1.165, 1.54) is 24.4 Å². The van der Waals surface area contributed by atoms with Crippen LogP contribution in [0.3, 0.4) is 0 Å². The summed E-state index contributed by atoms with van der Waals surface area (Å²) in [5.41, 5.74) is 14.2. The van der Waals surface area contributed by atoms with Gasteiger partial charge in [-0.1, -0.05) is 66.3 Å². The van der Waals surface area contributed by atoms with Crippen molar-refractivity contribution < 1.29 is 87.7 Å². The first-order chi connectivity index (χ1) is 47.6. The number of nitrogens with zero attached hydrogens (tertiary/aromatic N) is 5. The number of hydrogen-bond acceptors (Lipinski definition) is 24. The van der Waals surface area contributed by atoms with E-state index in [1.807, 2.05) is 6.92 Å². The van der Waals surface area contributed by atoms with Gasteiger partial charge in [-0.2, -0.15) is 4.98 Å². The number of nitrogen functional groups attached to an aromatic ring is 1. The highest BCUT2D eigenvalue weighted by molar-refractivity contribution is 8.76. The second-order valence-corrected chi connectivity index (χ2v) is 26.4. The first kappa shape index (κ1) is 75.2. The van der Waals surface area contributed by atoms with Crippen molar-refractivity contribution in [1.29, 1.82) is 5.41 Å². The van der Waals surface area contributed by atoms with Crippen LogP contribution in [0.4, 0.5) is 10.7 Å². The van der Waals surface area contributed by atoms with Crippen molar-refractivity contribution in [3.63, 3.8) is 0 Å². The number of carbonyl (C=O) groups excluding carboxylic acids is 6.